The van der Waals surface area contributed by atoms with Gasteiger partial charge in [0.25, 0.3) is 0 Å². The van der Waals surface area contributed by atoms with E-state index < -0.39 is 5.54 Å². The Labute approximate surface area is 164 Å². The molecule has 0 aliphatic rings. The van der Waals surface area contributed by atoms with Crippen LogP contribution in [0.25, 0.3) is 6.08 Å². The maximum absolute atomic E-state index is 12.4. The molecule has 0 aliphatic carbocycles. The lowest BCUT2D eigenvalue weighted by Crippen LogP contribution is -2.45. The van der Waals surface area contributed by atoms with Crippen molar-refractivity contribution in [3.8, 4) is 0 Å². The van der Waals surface area contributed by atoms with Gasteiger partial charge in [0.05, 0.1) is 11.8 Å². The van der Waals surface area contributed by atoms with Crippen molar-refractivity contribution in [1.82, 2.24) is 10.6 Å². The summed E-state index contributed by atoms with van der Waals surface area (Å²) in [5, 5.41) is 6.49. The summed E-state index contributed by atoms with van der Waals surface area (Å²) in [4.78, 5) is 24.2. The molecule has 0 bridgehead atoms. The van der Waals surface area contributed by atoms with E-state index in [0.29, 0.717) is 10.8 Å². The summed E-state index contributed by atoms with van der Waals surface area (Å²) in [6, 6.07) is 11.0. The Bertz CT molecular complexity index is 763. The predicted molar refractivity (Wildman–Crippen MR) is 107 cm³/mol. The number of amides is 2. The first-order valence-electron chi connectivity index (χ1n) is 9.05. The highest BCUT2D eigenvalue weighted by molar-refractivity contribution is 6.30. The number of nitrogens with one attached hydrogen (secondary N) is 2. The Hall–Kier alpha value is -2.53. The van der Waals surface area contributed by atoms with Crippen molar-refractivity contribution in [2.45, 2.75) is 38.6 Å². The van der Waals surface area contributed by atoms with Gasteiger partial charge in [0.1, 0.15) is 5.76 Å². The zero-order chi connectivity index (χ0) is 19.7. The van der Waals surface area contributed by atoms with E-state index in [2.05, 4.69) is 10.6 Å². The lowest BCUT2D eigenvalue weighted by molar-refractivity contribution is -0.123. The average molecular weight is 389 g/mol. The summed E-state index contributed by atoms with van der Waals surface area (Å²) in [6.07, 6.45) is 6.22. The molecule has 0 spiro atoms. The van der Waals surface area contributed by atoms with E-state index in [0.717, 1.165) is 18.4 Å². The van der Waals surface area contributed by atoms with Gasteiger partial charge < -0.3 is 15.1 Å². The summed E-state index contributed by atoms with van der Waals surface area (Å²) >= 11 is 5.97. The molecule has 27 heavy (non-hydrogen) atoms. The van der Waals surface area contributed by atoms with Crippen LogP contribution in [0.5, 0.6) is 0 Å². The number of rotatable bonds is 9. The van der Waals surface area contributed by atoms with Crippen molar-refractivity contribution in [2.24, 2.45) is 0 Å². The van der Waals surface area contributed by atoms with Gasteiger partial charge in [0, 0.05) is 24.1 Å². The van der Waals surface area contributed by atoms with Gasteiger partial charge in [-0.25, -0.2) is 0 Å². The van der Waals surface area contributed by atoms with Crippen molar-refractivity contribution >= 4 is 29.5 Å². The maximum atomic E-state index is 12.4. The Kier molecular flexibility index (Phi) is 7.67. The van der Waals surface area contributed by atoms with E-state index in [9.17, 15) is 9.59 Å². The fourth-order valence-corrected chi connectivity index (χ4v) is 3.03. The topological polar surface area (TPSA) is 71.3 Å². The highest BCUT2D eigenvalue weighted by atomic mass is 35.5. The third-order valence-electron chi connectivity index (χ3n) is 4.58. The Balaban J connectivity index is 1.87. The molecule has 0 fully saturated rings. The molecule has 0 saturated carbocycles. The molecule has 1 aromatic carbocycles. The van der Waals surface area contributed by atoms with E-state index in [1.165, 1.54) is 12.3 Å². The Morgan fingerprint density at radius 1 is 1.15 bits per heavy atom. The van der Waals surface area contributed by atoms with Crippen molar-refractivity contribution in [3.05, 3.63) is 65.1 Å². The second-order valence-electron chi connectivity index (χ2n) is 6.23. The molecule has 0 saturated heterocycles. The molecule has 5 nitrogen and oxygen atoms in total. The molecular formula is C21H25ClN2O3. The van der Waals surface area contributed by atoms with Crippen LogP contribution in [0.15, 0.2) is 53.2 Å². The quantitative estimate of drug-likeness (QED) is 0.629. The summed E-state index contributed by atoms with van der Waals surface area (Å²) in [5.74, 6) is 0.222. The van der Waals surface area contributed by atoms with Crippen molar-refractivity contribution in [1.29, 1.82) is 0 Å². The minimum atomic E-state index is -0.440. The minimum Gasteiger partial charge on any atom is -0.465 e. The Morgan fingerprint density at radius 3 is 2.44 bits per heavy atom. The van der Waals surface area contributed by atoms with Crippen molar-refractivity contribution in [2.75, 3.05) is 6.54 Å². The lowest BCUT2D eigenvalue weighted by Gasteiger charge is -2.33. The van der Waals surface area contributed by atoms with E-state index in [1.54, 1.807) is 18.2 Å². The molecule has 2 aromatic rings. The third kappa shape index (κ3) is 6.00. The lowest BCUT2D eigenvalue weighted by atomic mass is 9.84. The van der Waals surface area contributed by atoms with Crippen molar-refractivity contribution in [3.63, 3.8) is 0 Å². The smallest absolute Gasteiger partial charge is 0.244 e. The zero-order valence-corrected chi connectivity index (χ0v) is 16.4. The fraction of sp³-hybridized carbons (Fsp3) is 0.333. The molecular weight excluding hydrogens is 364 g/mol. The van der Waals surface area contributed by atoms with E-state index in [-0.39, 0.29) is 24.8 Å². The Morgan fingerprint density at radius 2 is 1.85 bits per heavy atom. The number of halogens is 1. The molecule has 2 N–H and O–H groups in total. The van der Waals surface area contributed by atoms with Crippen LogP contribution in [-0.4, -0.2) is 18.4 Å². The number of benzene rings is 1. The standard InChI is InChI=1S/C21H25ClN2O3/c1-3-21(4-2,16-7-9-17(22)10-8-16)24-20(26)13-14-23-19(25)12-11-18-6-5-15-27-18/h5-12,15H,3-4,13-14H2,1-2H3,(H,23,25)(H,24,26)/b12-11+. The third-order valence-corrected chi connectivity index (χ3v) is 4.83. The first kappa shape index (κ1) is 20.8. The summed E-state index contributed by atoms with van der Waals surface area (Å²) < 4.78 is 5.12. The highest BCUT2D eigenvalue weighted by Crippen LogP contribution is 2.29. The van der Waals surface area contributed by atoms with Gasteiger partial charge in [-0.1, -0.05) is 37.6 Å². The zero-order valence-electron chi connectivity index (χ0n) is 15.6. The predicted octanol–water partition coefficient (Wildman–Crippen LogP) is 4.28. The second-order valence-corrected chi connectivity index (χ2v) is 6.67. The van der Waals surface area contributed by atoms with Crippen LogP contribution in [0.3, 0.4) is 0 Å². The SMILES string of the molecule is CCC(CC)(NC(=O)CCNC(=O)/C=C/c1ccco1)c1ccc(Cl)cc1. The molecule has 1 aromatic heterocycles. The first-order valence-corrected chi connectivity index (χ1v) is 9.43. The monoisotopic (exact) mass is 388 g/mol. The van der Waals surface area contributed by atoms with Crippen LogP contribution in [0.2, 0.25) is 5.02 Å². The van der Waals surface area contributed by atoms with Gasteiger partial charge in [-0.2, -0.15) is 0 Å². The van der Waals surface area contributed by atoms with Crippen molar-refractivity contribution < 1.29 is 14.0 Å². The van der Waals surface area contributed by atoms with E-state index in [1.807, 2.05) is 38.1 Å². The molecule has 1 heterocycles. The maximum Gasteiger partial charge on any atom is 0.244 e. The van der Waals surface area contributed by atoms with E-state index in [4.69, 9.17) is 16.0 Å². The van der Waals surface area contributed by atoms with Gasteiger partial charge in [0.15, 0.2) is 0 Å². The summed E-state index contributed by atoms with van der Waals surface area (Å²) in [5.41, 5.74) is 0.584. The fourth-order valence-electron chi connectivity index (χ4n) is 2.91. The van der Waals surface area contributed by atoms with E-state index >= 15 is 0 Å². The molecule has 144 valence electrons. The molecule has 0 unspecified atom stereocenters. The highest BCUT2D eigenvalue weighted by Gasteiger charge is 2.29. The summed E-state index contributed by atoms with van der Waals surface area (Å²) in [7, 11) is 0. The molecule has 0 radical (unpaired) electrons. The first-order chi connectivity index (χ1) is 13.0. The van der Waals surface area contributed by atoms with Gasteiger partial charge in [-0.05, 0) is 48.7 Å². The number of carbonyl (C=O) groups excluding carboxylic acids is 2. The van der Waals surface area contributed by atoms with Gasteiger partial charge >= 0.3 is 0 Å². The average Bonchev–Trinajstić information content (AvgIpc) is 3.19. The summed E-state index contributed by atoms with van der Waals surface area (Å²) in [6.45, 7) is 4.34. The van der Waals surface area contributed by atoms with Gasteiger partial charge in [0.2, 0.25) is 11.8 Å². The molecule has 0 aliphatic heterocycles. The van der Waals surface area contributed by atoms with Crippen LogP contribution >= 0.6 is 11.6 Å². The second kappa shape index (κ2) is 9.97. The van der Waals surface area contributed by atoms with Crippen LogP contribution in [0.1, 0.15) is 44.4 Å². The van der Waals surface area contributed by atoms with Crippen LogP contribution in [0.4, 0.5) is 0 Å². The van der Waals surface area contributed by atoms with Gasteiger partial charge in [-0.15, -0.1) is 0 Å². The number of hydrogen-bond acceptors (Lipinski definition) is 3. The number of furan rings is 1. The largest absolute Gasteiger partial charge is 0.465 e. The van der Waals surface area contributed by atoms with Crippen LogP contribution < -0.4 is 10.6 Å². The normalized spacial score (nSPS) is 11.5. The van der Waals surface area contributed by atoms with Gasteiger partial charge in [-0.3, -0.25) is 9.59 Å². The molecule has 2 rings (SSSR count). The van der Waals surface area contributed by atoms with Crippen LogP contribution in [-0.2, 0) is 15.1 Å². The molecule has 0 atom stereocenters. The molecule has 6 heteroatoms. The minimum absolute atomic E-state index is 0.107. The number of carbonyl (C=O) groups is 2. The van der Waals surface area contributed by atoms with Crippen LogP contribution in [0, 0.1) is 0 Å². The molecule has 2 amide bonds. The number of hydrogen-bond donors (Lipinski definition) is 2.